The lowest BCUT2D eigenvalue weighted by Gasteiger charge is -2.07. The van der Waals surface area contributed by atoms with Gasteiger partial charge in [0.2, 0.25) is 0 Å². The fourth-order valence-corrected chi connectivity index (χ4v) is 3.04. The Bertz CT molecular complexity index is 816. The lowest BCUT2D eigenvalue weighted by molar-refractivity contribution is -0.115. The zero-order chi connectivity index (χ0) is 16.9. The minimum Gasteiger partial charge on any atom is -0.493 e. The van der Waals surface area contributed by atoms with Crippen LogP contribution in [-0.4, -0.2) is 25.3 Å². The lowest BCUT2D eigenvalue weighted by Crippen LogP contribution is -2.19. The number of thioether (sulfide) groups is 1. The van der Waals surface area contributed by atoms with Crippen LogP contribution in [-0.2, 0) is 4.79 Å². The molecule has 122 valence electrons. The van der Waals surface area contributed by atoms with Crippen molar-refractivity contribution in [3.8, 4) is 11.5 Å². The Hall–Kier alpha value is -2.73. The van der Waals surface area contributed by atoms with E-state index in [0.717, 1.165) is 11.3 Å². The molecule has 5 nitrogen and oxygen atoms in total. The van der Waals surface area contributed by atoms with Crippen molar-refractivity contribution in [1.29, 1.82) is 0 Å². The van der Waals surface area contributed by atoms with Gasteiger partial charge in [-0.2, -0.15) is 0 Å². The predicted octanol–water partition coefficient (Wildman–Crippen LogP) is 3.60. The molecule has 6 heteroatoms. The van der Waals surface area contributed by atoms with Gasteiger partial charge >= 0.3 is 0 Å². The maximum absolute atomic E-state index is 12.1. The summed E-state index contributed by atoms with van der Waals surface area (Å²) in [7, 11) is 3.17. The molecule has 0 atom stereocenters. The van der Waals surface area contributed by atoms with Crippen LogP contribution in [0.3, 0.4) is 0 Å². The molecule has 1 heterocycles. The number of nitrogens with zero attached hydrogens (tertiary/aromatic N) is 1. The second kappa shape index (κ2) is 7.23. The van der Waals surface area contributed by atoms with E-state index in [9.17, 15) is 4.79 Å². The smallest absolute Gasteiger partial charge is 0.264 e. The first kappa shape index (κ1) is 16.1. The number of carbonyl (C=O) groups excluding carboxylic acids is 1. The number of amides is 1. The van der Waals surface area contributed by atoms with E-state index in [-0.39, 0.29) is 5.91 Å². The van der Waals surface area contributed by atoms with E-state index in [4.69, 9.17) is 9.47 Å². The summed E-state index contributed by atoms with van der Waals surface area (Å²) in [5.41, 5.74) is 1.65. The monoisotopic (exact) mass is 340 g/mol. The molecule has 1 fully saturated rings. The maximum atomic E-state index is 12.1. The van der Waals surface area contributed by atoms with Crippen molar-refractivity contribution < 1.29 is 14.3 Å². The van der Waals surface area contributed by atoms with Gasteiger partial charge in [-0.1, -0.05) is 24.3 Å². The van der Waals surface area contributed by atoms with Gasteiger partial charge in [-0.25, -0.2) is 4.99 Å². The summed E-state index contributed by atoms with van der Waals surface area (Å²) in [6.45, 7) is 0. The molecule has 2 aromatic rings. The standard InChI is InChI=1S/C18H16N2O3S/c1-22-14-9-8-12(10-15(14)23-2)11-16-17(21)20-18(24-16)19-13-6-4-3-5-7-13/h3-11H,1-2H3,(H,19,20,21)/b16-11+. The van der Waals surface area contributed by atoms with Crippen LogP contribution in [0.1, 0.15) is 5.56 Å². The first-order valence-electron chi connectivity index (χ1n) is 7.26. The highest BCUT2D eigenvalue weighted by molar-refractivity contribution is 8.18. The molecule has 0 aliphatic carbocycles. The molecule has 0 unspecified atom stereocenters. The zero-order valence-corrected chi connectivity index (χ0v) is 14.1. The quantitative estimate of drug-likeness (QED) is 0.864. The van der Waals surface area contributed by atoms with E-state index < -0.39 is 0 Å². The topological polar surface area (TPSA) is 59.9 Å². The molecule has 1 N–H and O–H groups in total. The van der Waals surface area contributed by atoms with Crippen LogP contribution in [0.2, 0.25) is 0 Å². The van der Waals surface area contributed by atoms with E-state index >= 15 is 0 Å². The van der Waals surface area contributed by atoms with Gasteiger partial charge < -0.3 is 14.8 Å². The molecule has 0 radical (unpaired) electrons. The van der Waals surface area contributed by atoms with Gasteiger partial charge in [0.05, 0.1) is 24.8 Å². The molecule has 24 heavy (non-hydrogen) atoms. The molecule has 2 aromatic carbocycles. The van der Waals surface area contributed by atoms with Crippen LogP contribution >= 0.6 is 11.8 Å². The van der Waals surface area contributed by atoms with Crippen molar-refractivity contribution in [2.24, 2.45) is 4.99 Å². The number of amidine groups is 1. The highest BCUT2D eigenvalue weighted by Gasteiger charge is 2.23. The summed E-state index contributed by atoms with van der Waals surface area (Å²) in [6.07, 6.45) is 1.80. The van der Waals surface area contributed by atoms with Crippen LogP contribution in [0, 0.1) is 0 Å². The van der Waals surface area contributed by atoms with Gasteiger partial charge in [0.15, 0.2) is 16.7 Å². The Labute approximate surface area is 144 Å². The fraction of sp³-hybridized carbons (Fsp3) is 0.111. The number of benzene rings is 2. The summed E-state index contributed by atoms with van der Waals surface area (Å²) < 4.78 is 10.5. The van der Waals surface area contributed by atoms with Crippen LogP contribution < -0.4 is 14.8 Å². The summed E-state index contributed by atoms with van der Waals surface area (Å²) >= 11 is 1.31. The van der Waals surface area contributed by atoms with Crippen LogP contribution in [0.15, 0.2) is 58.4 Å². The minimum absolute atomic E-state index is 0.163. The first-order chi connectivity index (χ1) is 11.7. The van der Waals surface area contributed by atoms with Gasteiger partial charge in [0.1, 0.15) is 0 Å². The Morgan fingerprint density at radius 2 is 1.79 bits per heavy atom. The van der Waals surface area contributed by atoms with Crippen molar-refractivity contribution in [3.63, 3.8) is 0 Å². The summed E-state index contributed by atoms with van der Waals surface area (Å²) in [4.78, 5) is 17.1. The average molecular weight is 340 g/mol. The van der Waals surface area contributed by atoms with E-state index in [2.05, 4.69) is 10.3 Å². The fourth-order valence-electron chi connectivity index (χ4n) is 2.19. The molecular formula is C18H16N2O3S. The van der Waals surface area contributed by atoms with Gasteiger partial charge in [-0.05, 0) is 47.7 Å². The molecule has 0 spiro atoms. The summed E-state index contributed by atoms with van der Waals surface area (Å²) in [6, 6.07) is 15.0. The molecule has 0 saturated carbocycles. The largest absolute Gasteiger partial charge is 0.493 e. The van der Waals surface area contributed by atoms with Crippen molar-refractivity contribution in [2.75, 3.05) is 14.2 Å². The van der Waals surface area contributed by atoms with Gasteiger partial charge in [-0.15, -0.1) is 0 Å². The minimum atomic E-state index is -0.163. The molecular weight excluding hydrogens is 324 g/mol. The summed E-state index contributed by atoms with van der Waals surface area (Å²) in [5.74, 6) is 1.10. The van der Waals surface area contributed by atoms with E-state index in [1.165, 1.54) is 11.8 Å². The number of hydrogen-bond donors (Lipinski definition) is 1. The molecule has 0 aromatic heterocycles. The highest BCUT2D eigenvalue weighted by atomic mass is 32.2. The number of hydrogen-bond acceptors (Lipinski definition) is 5. The molecule has 1 aliphatic rings. The number of rotatable bonds is 4. The SMILES string of the molecule is COc1ccc(/C=C2/SC(=Nc3ccccc3)NC2=O)cc1OC. The van der Waals surface area contributed by atoms with Crippen LogP contribution in [0.5, 0.6) is 11.5 Å². The van der Waals surface area contributed by atoms with Gasteiger partial charge in [0, 0.05) is 0 Å². The van der Waals surface area contributed by atoms with E-state index in [1.807, 2.05) is 48.5 Å². The van der Waals surface area contributed by atoms with Crippen molar-refractivity contribution in [3.05, 3.63) is 59.0 Å². The second-order valence-corrected chi connectivity index (χ2v) is 5.96. The average Bonchev–Trinajstić information content (AvgIpc) is 2.94. The lowest BCUT2D eigenvalue weighted by atomic mass is 10.2. The number of ether oxygens (including phenoxy) is 2. The molecule has 1 saturated heterocycles. The number of nitrogens with one attached hydrogen (secondary N) is 1. The normalized spacial score (nSPS) is 17.2. The number of methoxy groups -OCH3 is 2. The van der Waals surface area contributed by atoms with Crippen LogP contribution in [0.25, 0.3) is 6.08 Å². The predicted molar refractivity (Wildman–Crippen MR) is 96.8 cm³/mol. The Morgan fingerprint density at radius 1 is 1.04 bits per heavy atom. The Morgan fingerprint density at radius 3 is 2.50 bits per heavy atom. The van der Waals surface area contributed by atoms with E-state index in [0.29, 0.717) is 21.6 Å². The molecule has 1 aliphatic heterocycles. The molecule has 3 rings (SSSR count). The second-order valence-electron chi connectivity index (χ2n) is 4.93. The van der Waals surface area contributed by atoms with E-state index in [1.54, 1.807) is 20.3 Å². The summed E-state index contributed by atoms with van der Waals surface area (Å²) in [5, 5.41) is 3.34. The third-order valence-corrected chi connectivity index (χ3v) is 4.25. The van der Waals surface area contributed by atoms with Crippen molar-refractivity contribution >= 4 is 34.6 Å². The Balaban J connectivity index is 1.84. The molecule has 0 bridgehead atoms. The van der Waals surface area contributed by atoms with Crippen molar-refractivity contribution in [1.82, 2.24) is 5.32 Å². The zero-order valence-electron chi connectivity index (χ0n) is 13.3. The first-order valence-corrected chi connectivity index (χ1v) is 8.08. The number of carbonyl (C=O) groups is 1. The third kappa shape index (κ3) is 3.60. The van der Waals surface area contributed by atoms with Gasteiger partial charge in [0.25, 0.3) is 5.91 Å². The number of para-hydroxylation sites is 1. The van der Waals surface area contributed by atoms with Crippen LogP contribution in [0.4, 0.5) is 5.69 Å². The highest BCUT2D eigenvalue weighted by Crippen LogP contribution is 2.31. The maximum Gasteiger partial charge on any atom is 0.264 e. The third-order valence-electron chi connectivity index (χ3n) is 3.34. The Kier molecular flexibility index (Phi) is 4.86. The molecule has 1 amide bonds. The van der Waals surface area contributed by atoms with Crippen molar-refractivity contribution in [2.45, 2.75) is 0 Å². The van der Waals surface area contributed by atoms with Gasteiger partial charge in [-0.3, -0.25) is 4.79 Å². The number of aliphatic imine (C=N–C) groups is 1.